The van der Waals surface area contributed by atoms with Gasteiger partial charge in [-0.1, -0.05) is 0 Å². The molecule has 2 heterocycles. The Hall–Kier alpha value is -0.370. The average Bonchev–Trinajstić information content (AvgIpc) is 2.57. The van der Waals surface area contributed by atoms with Gasteiger partial charge in [-0.3, -0.25) is 9.89 Å². The second kappa shape index (κ2) is 1.69. The van der Waals surface area contributed by atoms with Gasteiger partial charge < -0.3 is 0 Å². The van der Waals surface area contributed by atoms with Crippen molar-refractivity contribution in [3.05, 3.63) is 0 Å². The van der Waals surface area contributed by atoms with Gasteiger partial charge in [-0.15, -0.1) is 0 Å². The monoisotopic (exact) mass is 152 g/mol. The van der Waals surface area contributed by atoms with E-state index in [-0.39, 0.29) is 11.1 Å². The SMILES string of the molecule is CN1CCC2=NC2(C)C1(C)C. The van der Waals surface area contributed by atoms with E-state index in [0.717, 1.165) is 0 Å². The third kappa shape index (κ3) is 0.684. The molecule has 0 spiro atoms. The predicted octanol–water partition coefficient (Wildman–Crippen LogP) is 1.31. The summed E-state index contributed by atoms with van der Waals surface area (Å²) in [6, 6.07) is 0. The van der Waals surface area contributed by atoms with Gasteiger partial charge in [0.25, 0.3) is 0 Å². The lowest BCUT2D eigenvalue weighted by Gasteiger charge is -2.43. The summed E-state index contributed by atoms with van der Waals surface area (Å²) in [5.74, 6) is 0. The fraction of sp³-hybridized carbons (Fsp3) is 0.889. The Bertz CT molecular complexity index is 230. The third-order valence-electron chi connectivity index (χ3n) is 3.70. The van der Waals surface area contributed by atoms with Gasteiger partial charge in [-0.25, -0.2) is 0 Å². The van der Waals surface area contributed by atoms with Gasteiger partial charge in [0.05, 0.1) is 0 Å². The fourth-order valence-electron chi connectivity index (χ4n) is 1.96. The molecule has 0 amide bonds. The van der Waals surface area contributed by atoms with Gasteiger partial charge in [-0.05, 0) is 27.8 Å². The first-order valence-electron chi connectivity index (χ1n) is 4.29. The highest BCUT2D eigenvalue weighted by Crippen LogP contribution is 2.45. The minimum Gasteiger partial charge on any atom is -0.298 e. The van der Waals surface area contributed by atoms with Gasteiger partial charge in [-0.2, -0.15) is 0 Å². The largest absolute Gasteiger partial charge is 0.298 e. The molecule has 11 heavy (non-hydrogen) atoms. The molecule has 0 radical (unpaired) electrons. The summed E-state index contributed by atoms with van der Waals surface area (Å²) in [5, 5.41) is 0. The summed E-state index contributed by atoms with van der Waals surface area (Å²) in [6.07, 6.45) is 1.18. The zero-order chi connectivity index (χ0) is 8.28. The van der Waals surface area contributed by atoms with E-state index in [1.54, 1.807) is 0 Å². The summed E-state index contributed by atoms with van der Waals surface area (Å²) in [7, 11) is 2.19. The zero-order valence-electron chi connectivity index (χ0n) is 7.81. The quantitative estimate of drug-likeness (QED) is 0.511. The molecule has 2 heteroatoms. The van der Waals surface area contributed by atoms with Crippen LogP contribution in [0, 0.1) is 0 Å². The van der Waals surface area contributed by atoms with Gasteiger partial charge in [0.15, 0.2) is 0 Å². The maximum atomic E-state index is 4.56. The number of nitrogens with zero attached hydrogens (tertiary/aromatic N) is 2. The van der Waals surface area contributed by atoms with E-state index in [9.17, 15) is 0 Å². The van der Waals surface area contributed by atoms with Crippen molar-refractivity contribution in [3.8, 4) is 0 Å². The van der Waals surface area contributed by atoms with Crippen LogP contribution in [0.5, 0.6) is 0 Å². The van der Waals surface area contributed by atoms with Gasteiger partial charge in [0.1, 0.15) is 5.54 Å². The van der Waals surface area contributed by atoms with E-state index < -0.39 is 0 Å². The van der Waals surface area contributed by atoms with Crippen molar-refractivity contribution < 1.29 is 0 Å². The Labute approximate surface area is 68.3 Å². The van der Waals surface area contributed by atoms with Crippen LogP contribution in [0.3, 0.4) is 0 Å². The maximum absolute atomic E-state index is 4.56. The van der Waals surface area contributed by atoms with Crippen LogP contribution in [0.2, 0.25) is 0 Å². The highest BCUT2D eigenvalue weighted by molar-refractivity contribution is 6.07. The first-order valence-corrected chi connectivity index (χ1v) is 4.29. The van der Waals surface area contributed by atoms with Crippen molar-refractivity contribution in [1.82, 2.24) is 4.90 Å². The zero-order valence-corrected chi connectivity index (χ0v) is 7.81. The lowest BCUT2D eigenvalue weighted by atomic mass is 9.79. The van der Waals surface area contributed by atoms with Crippen LogP contribution in [0.1, 0.15) is 27.2 Å². The van der Waals surface area contributed by atoms with E-state index in [2.05, 4.69) is 37.7 Å². The highest BCUT2D eigenvalue weighted by atomic mass is 15.3. The molecule has 2 rings (SSSR count). The number of piperidine rings is 1. The van der Waals surface area contributed by atoms with Crippen LogP contribution in [0.15, 0.2) is 4.99 Å². The van der Waals surface area contributed by atoms with Crippen molar-refractivity contribution in [2.24, 2.45) is 4.99 Å². The summed E-state index contributed by atoms with van der Waals surface area (Å²) < 4.78 is 0. The molecular weight excluding hydrogens is 136 g/mol. The molecule has 1 unspecified atom stereocenters. The van der Waals surface area contributed by atoms with E-state index in [1.165, 1.54) is 18.7 Å². The van der Waals surface area contributed by atoms with Crippen molar-refractivity contribution in [2.75, 3.05) is 13.6 Å². The molecule has 0 aliphatic carbocycles. The molecule has 1 saturated heterocycles. The number of aliphatic imine (C=N–C) groups is 1. The lowest BCUT2D eigenvalue weighted by Crippen LogP contribution is -2.57. The van der Waals surface area contributed by atoms with Gasteiger partial charge in [0.2, 0.25) is 0 Å². The van der Waals surface area contributed by atoms with Gasteiger partial charge in [0, 0.05) is 24.2 Å². The molecule has 2 aliphatic rings. The number of likely N-dealkylation sites (N-methyl/N-ethyl adjacent to an activating group) is 1. The highest BCUT2D eigenvalue weighted by Gasteiger charge is 2.57. The molecule has 0 aromatic carbocycles. The molecule has 62 valence electrons. The van der Waals surface area contributed by atoms with Crippen molar-refractivity contribution in [3.63, 3.8) is 0 Å². The Morgan fingerprint density at radius 1 is 1.36 bits per heavy atom. The molecule has 1 atom stereocenters. The van der Waals surface area contributed by atoms with Crippen LogP contribution in [0.4, 0.5) is 0 Å². The molecular formula is C9H16N2. The number of likely N-dealkylation sites (tertiary alicyclic amines) is 1. The van der Waals surface area contributed by atoms with E-state index in [0.29, 0.717) is 0 Å². The lowest BCUT2D eigenvalue weighted by molar-refractivity contribution is 0.116. The topological polar surface area (TPSA) is 15.6 Å². The second-order valence-electron chi connectivity index (χ2n) is 4.36. The molecule has 0 saturated carbocycles. The first-order chi connectivity index (χ1) is 4.98. The normalized spacial score (nSPS) is 41.3. The van der Waals surface area contributed by atoms with Gasteiger partial charge >= 0.3 is 0 Å². The van der Waals surface area contributed by atoms with E-state index in [4.69, 9.17) is 0 Å². The summed E-state index contributed by atoms with van der Waals surface area (Å²) in [4.78, 5) is 6.97. The van der Waals surface area contributed by atoms with Crippen LogP contribution in [-0.2, 0) is 0 Å². The minimum atomic E-state index is 0.181. The van der Waals surface area contributed by atoms with E-state index in [1.807, 2.05) is 0 Å². The van der Waals surface area contributed by atoms with Crippen LogP contribution >= 0.6 is 0 Å². The average molecular weight is 152 g/mol. The summed E-state index contributed by atoms with van der Waals surface area (Å²) in [5.41, 5.74) is 1.85. The molecule has 1 fully saturated rings. The first kappa shape index (κ1) is 7.29. The number of rotatable bonds is 0. The maximum Gasteiger partial charge on any atom is 0.113 e. The molecule has 2 aliphatic heterocycles. The molecule has 0 N–H and O–H groups in total. The standard InChI is InChI=1S/C9H16N2/c1-8(2)9(3)7(10-9)5-6-11(8)4/h5-6H2,1-4H3. The number of fused-ring (bicyclic) bond motifs is 1. The van der Waals surface area contributed by atoms with Crippen molar-refractivity contribution in [1.29, 1.82) is 0 Å². The fourth-order valence-corrected chi connectivity index (χ4v) is 1.96. The number of hydrogen-bond acceptors (Lipinski definition) is 2. The van der Waals surface area contributed by atoms with Crippen molar-refractivity contribution >= 4 is 5.71 Å². The summed E-state index contributed by atoms with van der Waals surface area (Å²) >= 11 is 0. The third-order valence-corrected chi connectivity index (χ3v) is 3.70. The molecule has 0 bridgehead atoms. The second-order valence-corrected chi connectivity index (χ2v) is 4.36. The molecule has 0 aromatic heterocycles. The minimum absolute atomic E-state index is 0.181. The Morgan fingerprint density at radius 2 is 2.00 bits per heavy atom. The van der Waals surface area contributed by atoms with Crippen molar-refractivity contribution in [2.45, 2.75) is 38.3 Å². The smallest absolute Gasteiger partial charge is 0.113 e. The van der Waals surface area contributed by atoms with E-state index >= 15 is 0 Å². The van der Waals surface area contributed by atoms with Crippen LogP contribution < -0.4 is 0 Å². The molecule has 0 aromatic rings. The van der Waals surface area contributed by atoms with Crippen LogP contribution in [0.25, 0.3) is 0 Å². The Kier molecular flexibility index (Phi) is 1.12. The van der Waals surface area contributed by atoms with Crippen LogP contribution in [-0.4, -0.2) is 35.3 Å². The Morgan fingerprint density at radius 3 is 2.55 bits per heavy atom. The number of hydrogen-bond donors (Lipinski definition) is 0. The summed E-state index contributed by atoms with van der Waals surface area (Å²) in [6.45, 7) is 7.98. The Balaban J connectivity index is 2.28. The predicted molar refractivity (Wildman–Crippen MR) is 47.2 cm³/mol. The molecule has 2 nitrogen and oxygen atoms in total.